The zero-order valence-electron chi connectivity index (χ0n) is 14.9. The second-order valence-electron chi connectivity index (χ2n) is 6.00. The molecule has 2 aromatic carbocycles. The van der Waals surface area contributed by atoms with Crippen LogP contribution in [0.15, 0.2) is 53.6 Å². The summed E-state index contributed by atoms with van der Waals surface area (Å²) in [6.45, 7) is 0. The Labute approximate surface area is 168 Å². The van der Waals surface area contributed by atoms with E-state index in [-0.39, 0.29) is 28.2 Å². The summed E-state index contributed by atoms with van der Waals surface area (Å²) in [7, 11) is 0. The first-order valence-corrected chi connectivity index (χ1v) is 9.50. The van der Waals surface area contributed by atoms with Crippen LogP contribution in [0.3, 0.4) is 0 Å². The lowest BCUT2D eigenvalue weighted by molar-refractivity contribution is -0.384. The first-order valence-electron chi connectivity index (χ1n) is 8.27. The molecule has 1 aliphatic rings. The van der Waals surface area contributed by atoms with Gasteiger partial charge in [0.15, 0.2) is 5.82 Å². The number of hydrogen-bond acceptors (Lipinski definition) is 7. The van der Waals surface area contributed by atoms with Gasteiger partial charge in [-0.3, -0.25) is 19.7 Å². The number of imide groups is 1. The molecule has 0 atom stereocenters. The lowest BCUT2D eigenvalue weighted by atomic mass is 10.1. The van der Waals surface area contributed by atoms with Crippen LogP contribution in [0.1, 0.15) is 26.3 Å². The maximum Gasteiger partial charge on any atom is 0.270 e. The highest BCUT2D eigenvalue weighted by atomic mass is 32.2. The van der Waals surface area contributed by atoms with Gasteiger partial charge in [-0.25, -0.2) is 9.58 Å². The fourth-order valence-electron chi connectivity index (χ4n) is 3.12. The number of para-hydroxylation sites is 1. The van der Waals surface area contributed by atoms with E-state index in [1.54, 1.807) is 36.6 Å². The Morgan fingerprint density at radius 3 is 2.41 bits per heavy atom. The van der Waals surface area contributed by atoms with Gasteiger partial charge in [-0.2, -0.15) is 10.4 Å². The first-order chi connectivity index (χ1) is 14.0. The number of nitrogens with zero attached hydrogens (tertiary/aromatic N) is 5. The summed E-state index contributed by atoms with van der Waals surface area (Å²) in [4.78, 5) is 37.3. The molecule has 0 radical (unpaired) electrons. The molecule has 2 amide bonds. The number of anilines is 1. The number of nitro groups is 1. The van der Waals surface area contributed by atoms with Crippen molar-refractivity contribution in [3.05, 3.63) is 75.3 Å². The minimum Gasteiger partial charge on any atom is -0.268 e. The van der Waals surface area contributed by atoms with E-state index in [0.717, 1.165) is 11.0 Å². The third-order valence-electron chi connectivity index (χ3n) is 4.43. The SMILES string of the molecule is CSc1nn(-c2ccccc2)c(N2C(=O)c3ccc([N+](=O)[O-])cc3C2=O)c1C#N. The molecule has 0 N–H and O–H groups in total. The van der Waals surface area contributed by atoms with E-state index in [0.29, 0.717) is 10.7 Å². The molecule has 0 fully saturated rings. The van der Waals surface area contributed by atoms with Crippen molar-refractivity contribution in [2.75, 3.05) is 11.2 Å². The molecule has 1 aromatic heterocycles. The summed E-state index contributed by atoms with van der Waals surface area (Å²) in [6, 6.07) is 14.3. The van der Waals surface area contributed by atoms with Gasteiger partial charge in [-0.1, -0.05) is 18.2 Å². The molecule has 29 heavy (non-hydrogen) atoms. The number of thioether (sulfide) groups is 1. The molecule has 142 valence electrons. The van der Waals surface area contributed by atoms with Gasteiger partial charge in [-0.05, 0) is 24.5 Å². The largest absolute Gasteiger partial charge is 0.270 e. The van der Waals surface area contributed by atoms with Crippen molar-refractivity contribution in [1.29, 1.82) is 5.26 Å². The summed E-state index contributed by atoms with van der Waals surface area (Å²) in [6.07, 6.45) is 1.73. The van der Waals surface area contributed by atoms with Gasteiger partial charge in [0.2, 0.25) is 0 Å². The number of benzene rings is 2. The molecule has 3 aromatic rings. The number of non-ortho nitro benzene ring substituents is 1. The molecule has 2 heterocycles. The maximum atomic E-state index is 13.1. The van der Waals surface area contributed by atoms with Gasteiger partial charge in [0.05, 0.1) is 21.7 Å². The van der Waals surface area contributed by atoms with Crippen LogP contribution in [-0.2, 0) is 0 Å². The number of fused-ring (bicyclic) bond motifs is 1. The standard InChI is InChI=1S/C19H11N5O4S/c1-29-16-15(10-20)17(23(21-16)11-5-3-2-4-6-11)22-18(25)13-8-7-12(24(27)28)9-14(13)19(22)26/h2-9H,1H3. The summed E-state index contributed by atoms with van der Waals surface area (Å²) in [5.41, 5.74) is 0.288. The predicted molar refractivity (Wildman–Crippen MR) is 104 cm³/mol. The Morgan fingerprint density at radius 2 is 1.79 bits per heavy atom. The van der Waals surface area contributed by atoms with Crippen LogP contribution in [-0.4, -0.2) is 32.8 Å². The van der Waals surface area contributed by atoms with E-state index >= 15 is 0 Å². The van der Waals surface area contributed by atoms with Crippen LogP contribution in [0.25, 0.3) is 5.69 Å². The number of nitro benzene ring substituents is 1. The maximum absolute atomic E-state index is 13.1. The molecule has 1 aliphatic heterocycles. The molecule has 0 saturated heterocycles. The number of amides is 2. The fraction of sp³-hybridized carbons (Fsp3) is 0.0526. The molecule has 0 aliphatic carbocycles. The Balaban J connectivity index is 1.94. The predicted octanol–water partition coefficient (Wildman–Crippen LogP) is 3.17. The molecular weight excluding hydrogens is 394 g/mol. The van der Waals surface area contributed by atoms with Crippen molar-refractivity contribution in [2.24, 2.45) is 0 Å². The van der Waals surface area contributed by atoms with Gasteiger partial charge >= 0.3 is 0 Å². The summed E-state index contributed by atoms with van der Waals surface area (Å²) >= 11 is 1.21. The zero-order chi connectivity index (χ0) is 20.7. The van der Waals surface area contributed by atoms with Gasteiger partial charge < -0.3 is 0 Å². The van der Waals surface area contributed by atoms with Crippen molar-refractivity contribution in [3.8, 4) is 11.8 Å². The van der Waals surface area contributed by atoms with Crippen LogP contribution >= 0.6 is 11.8 Å². The van der Waals surface area contributed by atoms with Crippen LogP contribution in [0, 0.1) is 21.4 Å². The van der Waals surface area contributed by atoms with E-state index in [1.807, 2.05) is 6.07 Å². The van der Waals surface area contributed by atoms with E-state index in [2.05, 4.69) is 5.10 Å². The minimum atomic E-state index is -0.741. The van der Waals surface area contributed by atoms with E-state index in [4.69, 9.17) is 0 Å². The van der Waals surface area contributed by atoms with Crippen LogP contribution in [0.5, 0.6) is 0 Å². The third kappa shape index (κ3) is 2.76. The molecule has 0 saturated carbocycles. The molecule has 10 heteroatoms. The topological polar surface area (TPSA) is 122 Å². The highest BCUT2D eigenvalue weighted by Gasteiger charge is 2.42. The number of carbonyl (C=O) groups is 2. The zero-order valence-corrected chi connectivity index (χ0v) is 15.7. The summed E-state index contributed by atoms with van der Waals surface area (Å²) in [5.74, 6) is -1.40. The fourth-order valence-corrected chi connectivity index (χ4v) is 3.63. The second kappa shape index (κ2) is 6.88. The van der Waals surface area contributed by atoms with Crippen molar-refractivity contribution >= 4 is 35.1 Å². The van der Waals surface area contributed by atoms with Crippen molar-refractivity contribution < 1.29 is 14.5 Å². The molecule has 0 unspecified atom stereocenters. The third-order valence-corrected chi connectivity index (χ3v) is 5.10. The lowest BCUT2D eigenvalue weighted by Gasteiger charge is -2.16. The quantitative estimate of drug-likeness (QED) is 0.283. The minimum absolute atomic E-state index is 0.0110. The Bertz CT molecular complexity index is 1230. The van der Waals surface area contributed by atoms with Crippen molar-refractivity contribution in [2.45, 2.75) is 5.03 Å². The van der Waals surface area contributed by atoms with Gasteiger partial charge in [0, 0.05) is 12.1 Å². The first kappa shape index (κ1) is 18.4. The van der Waals surface area contributed by atoms with Crippen LogP contribution in [0.4, 0.5) is 11.5 Å². The number of nitriles is 1. The highest BCUT2D eigenvalue weighted by molar-refractivity contribution is 7.98. The number of rotatable bonds is 4. The second-order valence-corrected chi connectivity index (χ2v) is 6.79. The Morgan fingerprint density at radius 1 is 1.10 bits per heavy atom. The lowest BCUT2D eigenvalue weighted by Crippen LogP contribution is -2.32. The van der Waals surface area contributed by atoms with Gasteiger partial charge in [0.1, 0.15) is 16.7 Å². The molecule has 0 spiro atoms. The number of aromatic nitrogens is 2. The summed E-state index contributed by atoms with van der Waals surface area (Å²) < 4.78 is 1.36. The highest BCUT2D eigenvalue weighted by Crippen LogP contribution is 2.37. The number of hydrogen-bond donors (Lipinski definition) is 0. The Hall–Kier alpha value is -3.97. The molecule has 9 nitrogen and oxygen atoms in total. The van der Waals surface area contributed by atoms with E-state index in [9.17, 15) is 25.0 Å². The van der Waals surface area contributed by atoms with Crippen molar-refractivity contribution in [3.63, 3.8) is 0 Å². The average molecular weight is 405 g/mol. The normalized spacial score (nSPS) is 12.8. The molecule has 4 rings (SSSR count). The van der Waals surface area contributed by atoms with Gasteiger partial charge in [0.25, 0.3) is 17.5 Å². The molecular formula is C19H11N5O4S. The monoisotopic (exact) mass is 405 g/mol. The Kier molecular flexibility index (Phi) is 4.37. The number of carbonyl (C=O) groups excluding carboxylic acids is 2. The van der Waals surface area contributed by atoms with Gasteiger partial charge in [-0.15, -0.1) is 11.8 Å². The smallest absolute Gasteiger partial charge is 0.268 e. The average Bonchev–Trinajstić information content (AvgIpc) is 3.22. The van der Waals surface area contributed by atoms with Crippen LogP contribution < -0.4 is 4.90 Å². The molecule has 0 bridgehead atoms. The van der Waals surface area contributed by atoms with Crippen LogP contribution in [0.2, 0.25) is 0 Å². The van der Waals surface area contributed by atoms with E-state index in [1.165, 1.54) is 28.6 Å². The van der Waals surface area contributed by atoms with Crippen molar-refractivity contribution in [1.82, 2.24) is 9.78 Å². The van der Waals surface area contributed by atoms with E-state index < -0.39 is 16.7 Å². The summed E-state index contributed by atoms with van der Waals surface area (Å²) in [5, 5.41) is 25.5.